The molecule has 0 N–H and O–H groups in total. The average Bonchev–Trinajstić information content (AvgIpc) is 2.47. The van der Waals surface area contributed by atoms with Gasteiger partial charge in [0.05, 0.1) is 14.2 Å². The van der Waals surface area contributed by atoms with Crippen molar-refractivity contribution in [3.63, 3.8) is 0 Å². The van der Waals surface area contributed by atoms with Crippen LogP contribution in [0.25, 0.3) is 0 Å². The molecule has 0 radical (unpaired) electrons. The van der Waals surface area contributed by atoms with E-state index in [0.717, 1.165) is 0 Å². The van der Waals surface area contributed by atoms with Crippen LogP contribution < -0.4 is 14.2 Å². The van der Waals surface area contributed by atoms with Gasteiger partial charge in [-0.15, -0.1) is 0 Å². The zero-order chi connectivity index (χ0) is 14.5. The van der Waals surface area contributed by atoms with E-state index in [-0.39, 0.29) is 5.78 Å². The maximum Gasteiger partial charge on any atom is 0.220 e. The first kappa shape index (κ1) is 13.9. The smallest absolute Gasteiger partial charge is 0.220 e. The van der Waals surface area contributed by atoms with Gasteiger partial charge >= 0.3 is 0 Å². The van der Waals surface area contributed by atoms with E-state index < -0.39 is 0 Å². The quantitative estimate of drug-likeness (QED) is 0.783. The molecule has 104 valence electrons. The average molecular weight is 273 g/mol. The second kappa shape index (κ2) is 6.06. The molecule has 0 aliphatic rings. The zero-order valence-electron chi connectivity index (χ0n) is 11.5. The van der Waals surface area contributed by atoms with Gasteiger partial charge in [0.1, 0.15) is 0 Å². The summed E-state index contributed by atoms with van der Waals surface area (Å²) in [7, 11) is 3.09. The number of nitrogens with zero attached hydrogens (tertiary/aromatic N) is 1. The normalized spacial score (nSPS) is 9.95. The first-order chi connectivity index (χ1) is 9.65. The van der Waals surface area contributed by atoms with Gasteiger partial charge in [-0.1, -0.05) is 6.07 Å². The van der Waals surface area contributed by atoms with Crippen LogP contribution in [-0.2, 0) is 0 Å². The van der Waals surface area contributed by atoms with Crippen molar-refractivity contribution in [2.75, 3.05) is 14.2 Å². The van der Waals surface area contributed by atoms with E-state index >= 15 is 0 Å². The molecule has 1 aromatic carbocycles. The molecule has 20 heavy (non-hydrogen) atoms. The minimum Gasteiger partial charge on any atom is -0.493 e. The Labute approximate surface area is 117 Å². The molecule has 2 rings (SSSR count). The van der Waals surface area contributed by atoms with E-state index in [9.17, 15) is 4.79 Å². The fourth-order valence-corrected chi connectivity index (χ4v) is 1.71. The summed E-state index contributed by atoms with van der Waals surface area (Å²) in [6.45, 7) is 1.49. The largest absolute Gasteiger partial charge is 0.493 e. The van der Waals surface area contributed by atoms with Crippen LogP contribution in [0.3, 0.4) is 0 Å². The number of ether oxygens (including phenoxy) is 3. The molecule has 5 nitrogen and oxygen atoms in total. The van der Waals surface area contributed by atoms with Gasteiger partial charge in [0.25, 0.3) is 0 Å². The summed E-state index contributed by atoms with van der Waals surface area (Å²) in [5, 5.41) is 0. The Bertz CT molecular complexity index is 603. The van der Waals surface area contributed by atoms with Crippen molar-refractivity contribution in [1.82, 2.24) is 4.98 Å². The third-order valence-corrected chi connectivity index (χ3v) is 2.73. The third-order valence-electron chi connectivity index (χ3n) is 2.73. The summed E-state index contributed by atoms with van der Waals surface area (Å²) in [4.78, 5) is 15.4. The van der Waals surface area contributed by atoms with Crippen LogP contribution in [0.1, 0.15) is 17.3 Å². The van der Waals surface area contributed by atoms with Gasteiger partial charge in [0.2, 0.25) is 11.6 Å². The number of Topliss-reactive ketones (excluding diaryl/α,β-unsaturated/α-hetero) is 1. The zero-order valence-corrected chi connectivity index (χ0v) is 11.5. The van der Waals surface area contributed by atoms with E-state index in [1.165, 1.54) is 13.1 Å². The number of carbonyl (C=O) groups excluding carboxylic acids is 1. The van der Waals surface area contributed by atoms with Crippen LogP contribution in [0.2, 0.25) is 0 Å². The molecule has 0 amide bonds. The highest BCUT2D eigenvalue weighted by molar-refractivity contribution is 5.94. The standard InChI is InChI=1S/C15H15NO4/c1-10(17)11-7-8-16-14(9-11)20-15-12(18-2)5-4-6-13(15)19-3/h4-9H,1-3H3. The number of carbonyl (C=O) groups is 1. The summed E-state index contributed by atoms with van der Waals surface area (Å²) in [6.07, 6.45) is 1.52. The van der Waals surface area contributed by atoms with Gasteiger partial charge in [0.15, 0.2) is 17.3 Å². The molecule has 0 bridgehead atoms. The van der Waals surface area contributed by atoms with E-state index in [4.69, 9.17) is 14.2 Å². The molecule has 1 aromatic heterocycles. The first-order valence-electron chi connectivity index (χ1n) is 6.01. The fourth-order valence-electron chi connectivity index (χ4n) is 1.71. The van der Waals surface area contributed by atoms with Crippen molar-refractivity contribution in [2.24, 2.45) is 0 Å². The SMILES string of the molecule is COc1cccc(OC)c1Oc1cc(C(C)=O)ccn1. The van der Waals surface area contributed by atoms with Crippen LogP contribution >= 0.6 is 0 Å². The summed E-state index contributed by atoms with van der Waals surface area (Å²) >= 11 is 0. The van der Waals surface area contributed by atoms with E-state index in [2.05, 4.69) is 4.98 Å². The van der Waals surface area contributed by atoms with Crippen LogP contribution in [0.5, 0.6) is 23.1 Å². The molecule has 0 aliphatic heterocycles. The Hall–Kier alpha value is -2.56. The van der Waals surface area contributed by atoms with E-state index in [1.54, 1.807) is 44.6 Å². The van der Waals surface area contributed by atoms with E-state index in [1.807, 2.05) is 0 Å². The Balaban J connectivity index is 2.39. The van der Waals surface area contributed by atoms with Crippen molar-refractivity contribution in [3.05, 3.63) is 42.1 Å². The first-order valence-corrected chi connectivity index (χ1v) is 6.01. The minimum absolute atomic E-state index is 0.0516. The second-order valence-electron chi connectivity index (χ2n) is 4.03. The Morgan fingerprint density at radius 2 is 1.75 bits per heavy atom. The molecular formula is C15H15NO4. The molecule has 2 aromatic rings. The van der Waals surface area contributed by atoms with Gasteiger partial charge in [-0.2, -0.15) is 0 Å². The molecular weight excluding hydrogens is 258 g/mol. The number of hydrogen-bond acceptors (Lipinski definition) is 5. The highest BCUT2D eigenvalue weighted by Crippen LogP contribution is 2.39. The Kier molecular flexibility index (Phi) is 4.20. The number of benzene rings is 1. The summed E-state index contributed by atoms with van der Waals surface area (Å²) < 4.78 is 16.2. The maximum atomic E-state index is 11.4. The van der Waals surface area contributed by atoms with Crippen molar-refractivity contribution >= 4 is 5.78 Å². The molecule has 0 aliphatic carbocycles. The second-order valence-corrected chi connectivity index (χ2v) is 4.03. The van der Waals surface area contributed by atoms with Crippen molar-refractivity contribution in [1.29, 1.82) is 0 Å². The molecule has 0 spiro atoms. The number of ketones is 1. The Morgan fingerprint density at radius 1 is 1.10 bits per heavy atom. The summed E-state index contributed by atoms with van der Waals surface area (Å²) in [5.41, 5.74) is 0.531. The number of pyridine rings is 1. The van der Waals surface area contributed by atoms with Crippen LogP contribution in [0.4, 0.5) is 0 Å². The predicted octanol–water partition coefficient (Wildman–Crippen LogP) is 3.09. The van der Waals surface area contributed by atoms with Gasteiger partial charge in [0, 0.05) is 17.8 Å². The van der Waals surface area contributed by atoms with Gasteiger partial charge in [-0.05, 0) is 25.1 Å². The summed E-state index contributed by atoms with van der Waals surface area (Å²) in [6, 6.07) is 8.52. The lowest BCUT2D eigenvalue weighted by molar-refractivity contribution is 0.101. The molecule has 5 heteroatoms. The molecule has 0 saturated carbocycles. The van der Waals surface area contributed by atoms with E-state index in [0.29, 0.717) is 28.7 Å². The third kappa shape index (κ3) is 2.88. The van der Waals surface area contributed by atoms with Gasteiger partial charge in [-0.3, -0.25) is 4.79 Å². The number of para-hydroxylation sites is 1. The molecule has 0 saturated heterocycles. The van der Waals surface area contributed by atoms with Crippen LogP contribution in [0.15, 0.2) is 36.5 Å². The number of hydrogen-bond donors (Lipinski definition) is 0. The molecule has 0 unspecified atom stereocenters. The molecule has 1 heterocycles. The van der Waals surface area contributed by atoms with Crippen molar-refractivity contribution in [3.8, 4) is 23.1 Å². The van der Waals surface area contributed by atoms with Crippen LogP contribution in [0, 0.1) is 0 Å². The Morgan fingerprint density at radius 3 is 2.30 bits per heavy atom. The predicted molar refractivity (Wildman–Crippen MR) is 73.9 cm³/mol. The molecule has 0 atom stereocenters. The highest BCUT2D eigenvalue weighted by Gasteiger charge is 2.13. The van der Waals surface area contributed by atoms with Crippen molar-refractivity contribution < 1.29 is 19.0 Å². The van der Waals surface area contributed by atoms with Gasteiger partial charge < -0.3 is 14.2 Å². The topological polar surface area (TPSA) is 57.7 Å². The lowest BCUT2D eigenvalue weighted by Crippen LogP contribution is -1.98. The number of aromatic nitrogens is 1. The fraction of sp³-hybridized carbons (Fsp3) is 0.200. The van der Waals surface area contributed by atoms with Gasteiger partial charge in [-0.25, -0.2) is 4.98 Å². The minimum atomic E-state index is -0.0516. The van der Waals surface area contributed by atoms with Crippen molar-refractivity contribution in [2.45, 2.75) is 6.92 Å². The monoisotopic (exact) mass is 273 g/mol. The highest BCUT2D eigenvalue weighted by atomic mass is 16.5. The number of methoxy groups -OCH3 is 2. The lowest BCUT2D eigenvalue weighted by atomic mass is 10.2. The van der Waals surface area contributed by atoms with Crippen LogP contribution in [-0.4, -0.2) is 25.0 Å². The molecule has 0 fully saturated rings. The maximum absolute atomic E-state index is 11.4. The summed E-state index contributed by atoms with van der Waals surface area (Å²) in [5.74, 6) is 1.73. The lowest BCUT2D eigenvalue weighted by Gasteiger charge is -2.13. The number of rotatable bonds is 5.